The van der Waals surface area contributed by atoms with Crippen molar-refractivity contribution in [1.29, 1.82) is 0 Å². The fourth-order valence-corrected chi connectivity index (χ4v) is 2.50. The lowest BCUT2D eigenvalue weighted by Crippen LogP contribution is -2.24. The molecule has 0 bridgehead atoms. The minimum absolute atomic E-state index is 0.227. The standard InChI is InChI=1S/C16H24N2/c1-11(2)18-10-12(3)13-7-8-15-14(9-13)5-4-6-16(15)17/h7-9,11,16,18H,3-6,10,17H2,1-2H3. The van der Waals surface area contributed by atoms with Crippen molar-refractivity contribution in [3.05, 3.63) is 41.5 Å². The Balaban J connectivity index is 2.13. The molecule has 1 atom stereocenters. The molecule has 3 N–H and O–H groups in total. The maximum Gasteiger partial charge on any atom is 0.0297 e. The van der Waals surface area contributed by atoms with E-state index in [0.29, 0.717) is 6.04 Å². The van der Waals surface area contributed by atoms with Crippen LogP contribution in [0.1, 0.15) is 49.4 Å². The summed E-state index contributed by atoms with van der Waals surface area (Å²) in [5.41, 5.74) is 11.3. The number of fused-ring (bicyclic) bond motifs is 1. The number of hydrogen-bond acceptors (Lipinski definition) is 2. The van der Waals surface area contributed by atoms with Gasteiger partial charge in [-0.15, -0.1) is 0 Å². The minimum atomic E-state index is 0.227. The molecule has 0 aliphatic heterocycles. The highest BCUT2D eigenvalue weighted by molar-refractivity contribution is 5.66. The van der Waals surface area contributed by atoms with Crippen LogP contribution in [0.2, 0.25) is 0 Å². The van der Waals surface area contributed by atoms with Gasteiger partial charge in [0.25, 0.3) is 0 Å². The van der Waals surface area contributed by atoms with Crippen LogP contribution in [0, 0.1) is 0 Å². The molecule has 1 aromatic rings. The molecule has 0 saturated carbocycles. The molecule has 0 spiro atoms. The van der Waals surface area contributed by atoms with Crippen LogP contribution in [0.5, 0.6) is 0 Å². The second-order valence-electron chi connectivity index (χ2n) is 5.55. The summed E-state index contributed by atoms with van der Waals surface area (Å²) in [4.78, 5) is 0. The van der Waals surface area contributed by atoms with Gasteiger partial charge < -0.3 is 11.1 Å². The van der Waals surface area contributed by atoms with Crippen molar-refractivity contribution >= 4 is 5.57 Å². The van der Waals surface area contributed by atoms with Crippen LogP contribution in [-0.4, -0.2) is 12.6 Å². The molecule has 1 aliphatic carbocycles. The quantitative estimate of drug-likeness (QED) is 0.854. The number of nitrogens with two attached hydrogens (primary N) is 1. The molecule has 0 saturated heterocycles. The lowest BCUT2D eigenvalue weighted by atomic mass is 9.86. The molecule has 2 nitrogen and oxygen atoms in total. The minimum Gasteiger partial charge on any atom is -0.324 e. The number of benzene rings is 1. The molecular formula is C16H24N2. The van der Waals surface area contributed by atoms with Gasteiger partial charge in [-0.3, -0.25) is 0 Å². The number of hydrogen-bond donors (Lipinski definition) is 2. The lowest BCUT2D eigenvalue weighted by Gasteiger charge is -2.23. The molecule has 1 aliphatic rings. The first-order valence-electron chi connectivity index (χ1n) is 6.88. The molecule has 0 fully saturated rings. The maximum atomic E-state index is 6.14. The first-order valence-corrected chi connectivity index (χ1v) is 6.88. The summed E-state index contributed by atoms with van der Waals surface area (Å²) in [6.07, 6.45) is 3.47. The zero-order chi connectivity index (χ0) is 13.1. The molecule has 0 amide bonds. The van der Waals surface area contributed by atoms with Gasteiger partial charge in [0.05, 0.1) is 0 Å². The summed E-state index contributed by atoms with van der Waals surface area (Å²) >= 11 is 0. The van der Waals surface area contributed by atoms with Crippen LogP contribution in [0.3, 0.4) is 0 Å². The molecule has 2 rings (SSSR count). The van der Waals surface area contributed by atoms with E-state index in [1.165, 1.54) is 23.1 Å². The predicted octanol–water partition coefficient (Wildman–Crippen LogP) is 3.03. The van der Waals surface area contributed by atoms with Gasteiger partial charge in [0, 0.05) is 18.6 Å². The second kappa shape index (κ2) is 5.68. The molecule has 18 heavy (non-hydrogen) atoms. The summed E-state index contributed by atoms with van der Waals surface area (Å²) in [5.74, 6) is 0. The van der Waals surface area contributed by atoms with Gasteiger partial charge in [-0.05, 0) is 41.5 Å². The molecule has 0 aromatic heterocycles. The van der Waals surface area contributed by atoms with Crippen LogP contribution in [0.15, 0.2) is 24.8 Å². The summed E-state index contributed by atoms with van der Waals surface area (Å²) in [6, 6.07) is 7.35. The monoisotopic (exact) mass is 244 g/mol. The Morgan fingerprint density at radius 2 is 2.28 bits per heavy atom. The highest BCUT2D eigenvalue weighted by Gasteiger charge is 2.17. The van der Waals surface area contributed by atoms with Crippen molar-refractivity contribution in [2.24, 2.45) is 5.73 Å². The van der Waals surface area contributed by atoms with Crippen molar-refractivity contribution < 1.29 is 0 Å². The van der Waals surface area contributed by atoms with Crippen molar-refractivity contribution in [1.82, 2.24) is 5.32 Å². The molecule has 2 heteroatoms. The Morgan fingerprint density at radius 1 is 1.50 bits per heavy atom. The van der Waals surface area contributed by atoms with Gasteiger partial charge >= 0.3 is 0 Å². The largest absolute Gasteiger partial charge is 0.324 e. The van der Waals surface area contributed by atoms with Crippen LogP contribution >= 0.6 is 0 Å². The van der Waals surface area contributed by atoms with E-state index in [2.05, 4.69) is 43.9 Å². The smallest absolute Gasteiger partial charge is 0.0297 e. The van der Waals surface area contributed by atoms with Gasteiger partial charge in [-0.1, -0.05) is 38.6 Å². The molecule has 1 aromatic carbocycles. The van der Waals surface area contributed by atoms with E-state index in [9.17, 15) is 0 Å². The summed E-state index contributed by atoms with van der Waals surface area (Å²) in [5, 5.41) is 3.41. The number of aryl methyl sites for hydroxylation is 1. The average molecular weight is 244 g/mol. The molecule has 0 radical (unpaired) electrons. The second-order valence-corrected chi connectivity index (χ2v) is 5.55. The molecule has 98 valence electrons. The zero-order valence-corrected chi connectivity index (χ0v) is 11.5. The maximum absolute atomic E-state index is 6.14. The first kappa shape index (κ1) is 13.3. The van der Waals surface area contributed by atoms with Gasteiger partial charge in [-0.25, -0.2) is 0 Å². The van der Waals surface area contributed by atoms with Crippen molar-refractivity contribution in [3.8, 4) is 0 Å². The predicted molar refractivity (Wildman–Crippen MR) is 78.5 cm³/mol. The summed E-state index contributed by atoms with van der Waals surface area (Å²) in [6.45, 7) is 9.32. The Morgan fingerprint density at radius 3 is 3.00 bits per heavy atom. The molecular weight excluding hydrogens is 220 g/mol. The highest BCUT2D eigenvalue weighted by Crippen LogP contribution is 2.29. The van der Waals surface area contributed by atoms with E-state index in [-0.39, 0.29) is 6.04 Å². The fourth-order valence-electron chi connectivity index (χ4n) is 2.50. The van der Waals surface area contributed by atoms with Crippen LogP contribution < -0.4 is 11.1 Å². The van der Waals surface area contributed by atoms with E-state index >= 15 is 0 Å². The van der Waals surface area contributed by atoms with Crippen molar-refractivity contribution in [2.75, 3.05) is 6.54 Å². The van der Waals surface area contributed by atoms with E-state index in [1.807, 2.05) is 0 Å². The van der Waals surface area contributed by atoms with Crippen molar-refractivity contribution in [2.45, 2.75) is 45.2 Å². The van der Waals surface area contributed by atoms with E-state index < -0.39 is 0 Å². The van der Waals surface area contributed by atoms with Gasteiger partial charge in [0.1, 0.15) is 0 Å². The number of nitrogens with one attached hydrogen (secondary N) is 1. The van der Waals surface area contributed by atoms with Crippen molar-refractivity contribution in [3.63, 3.8) is 0 Å². The van der Waals surface area contributed by atoms with E-state index in [1.54, 1.807) is 0 Å². The number of rotatable bonds is 4. The Hall–Kier alpha value is -1.12. The SMILES string of the molecule is C=C(CNC(C)C)c1ccc2c(c1)CCCC2N. The highest BCUT2D eigenvalue weighted by atomic mass is 14.9. The topological polar surface area (TPSA) is 38.0 Å². The Kier molecular flexibility index (Phi) is 4.20. The third kappa shape index (κ3) is 3.01. The molecule has 1 unspecified atom stereocenters. The van der Waals surface area contributed by atoms with Crippen LogP contribution in [0.25, 0.3) is 5.57 Å². The molecule has 0 heterocycles. The third-order valence-electron chi connectivity index (χ3n) is 3.64. The average Bonchev–Trinajstić information content (AvgIpc) is 2.35. The van der Waals surface area contributed by atoms with Gasteiger partial charge in [0.2, 0.25) is 0 Å². The zero-order valence-electron chi connectivity index (χ0n) is 11.5. The Labute approximate surface area is 110 Å². The van der Waals surface area contributed by atoms with Crippen LogP contribution in [-0.2, 0) is 6.42 Å². The van der Waals surface area contributed by atoms with E-state index in [0.717, 1.165) is 25.0 Å². The van der Waals surface area contributed by atoms with Crippen LogP contribution in [0.4, 0.5) is 0 Å². The van der Waals surface area contributed by atoms with Gasteiger partial charge in [-0.2, -0.15) is 0 Å². The Bertz CT molecular complexity index is 435. The summed E-state index contributed by atoms with van der Waals surface area (Å²) < 4.78 is 0. The normalized spacial score (nSPS) is 18.8. The van der Waals surface area contributed by atoms with Gasteiger partial charge in [0.15, 0.2) is 0 Å². The summed E-state index contributed by atoms with van der Waals surface area (Å²) in [7, 11) is 0. The first-order chi connectivity index (χ1) is 8.58. The lowest BCUT2D eigenvalue weighted by molar-refractivity contribution is 0.570. The van der Waals surface area contributed by atoms with E-state index in [4.69, 9.17) is 5.73 Å². The third-order valence-corrected chi connectivity index (χ3v) is 3.64. The fraction of sp³-hybridized carbons (Fsp3) is 0.500.